The molecule has 32 heavy (non-hydrogen) atoms. The predicted molar refractivity (Wildman–Crippen MR) is 128 cm³/mol. The van der Waals surface area contributed by atoms with Gasteiger partial charge in [0.15, 0.2) is 0 Å². The summed E-state index contributed by atoms with van der Waals surface area (Å²) in [6.45, 7) is 2.06. The fourth-order valence-electron chi connectivity index (χ4n) is 3.19. The van der Waals surface area contributed by atoms with E-state index in [1.165, 1.54) is 69.7 Å². The summed E-state index contributed by atoms with van der Waals surface area (Å²) in [5, 5.41) is 17.2. The van der Waals surface area contributed by atoms with Crippen LogP contribution in [-0.4, -0.2) is 29.5 Å². The number of hydrogen-bond donors (Lipinski definition) is 2. The zero-order chi connectivity index (χ0) is 23.6. The molecule has 178 valence electrons. The van der Waals surface area contributed by atoms with Gasteiger partial charge in [-0.05, 0) is 12.5 Å². The second-order valence-corrected chi connectivity index (χ2v) is 8.23. The molecule has 0 saturated carbocycles. The lowest BCUT2D eigenvalue weighted by Crippen LogP contribution is -2.34. The Hall–Kier alpha value is -2.48. The number of hydrazone groups is 1. The molecule has 0 saturated heterocycles. The van der Waals surface area contributed by atoms with E-state index < -0.39 is 10.8 Å². The van der Waals surface area contributed by atoms with Crippen LogP contribution in [0.1, 0.15) is 89.5 Å². The van der Waals surface area contributed by atoms with Crippen molar-refractivity contribution in [3.8, 4) is 0 Å². The summed E-state index contributed by atoms with van der Waals surface area (Å²) in [6, 6.07) is 4.19. The highest BCUT2D eigenvalue weighted by Crippen LogP contribution is 2.24. The van der Waals surface area contributed by atoms with Crippen LogP contribution in [0.15, 0.2) is 23.3 Å². The number of amides is 2. The van der Waals surface area contributed by atoms with Crippen LogP contribution in [0.4, 0.5) is 5.69 Å². The number of nitro benzene ring substituents is 1. The van der Waals surface area contributed by atoms with Gasteiger partial charge in [0.1, 0.15) is 5.02 Å². The monoisotopic (exact) mass is 466 g/mol. The molecular formula is C23H35ClN4O4. The average Bonchev–Trinajstić information content (AvgIpc) is 2.77. The third-order valence-corrected chi connectivity index (χ3v) is 5.34. The largest absolute Gasteiger partial charge is 0.347 e. The van der Waals surface area contributed by atoms with E-state index in [1.54, 1.807) is 6.07 Å². The molecule has 0 aliphatic rings. The van der Waals surface area contributed by atoms with Crippen LogP contribution in [0.2, 0.25) is 5.02 Å². The fourth-order valence-corrected chi connectivity index (χ4v) is 3.37. The molecule has 8 nitrogen and oxygen atoms in total. The lowest BCUT2D eigenvalue weighted by atomic mass is 10.1. The molecule has 0 aliphatic carbocycles. The molecule has 0 aliphatic heterocycles. The quantitative estimate of drug-likeness (QED) is 0.136. The Morgan fingerprint density at radius 3 is 2.19 bits per heavy atom. The Bertz CT molecular complexity index is 756. The SMILES string of the molecule is CCCCCCCCCCCCCC(=O)NCC(=O)N/N=C/c1ccc(Cl)c([N+](=O)[O-])c1. The molecule has 0 radical (unpaired) electrons. The molecule has 0 fully saturated rings. The van der Waals surface area contributed by atoms with E-state index in [1.807, 2.05) is 0 Å². The van der Waals surface area contributed by atoms with Crippen molar-refractivity contribution in [2.45, 2.75) is 84.0 Å². The summed E-state index contributed by atoms with van der Waals surface area (Å²) in [7, 11) is 0. The van der Waals surface area contributed by atoms with Gasteiger partial charge in [-0.15, -0.1) is 0 Å². The first kappa shape index (κ1) is 27.6. The molecule has 0 unspecified atom stereocenters. The number of rotatable bonds is 17. The Morgan fingerprint density at radius 1 is 1.00 bits per heavy atom. The van der Waals surface area contributed by atoms with Gasteiger partial charge in [-0.25, -0.2) is 5.43 Å². The van der Waals surface area contributed by atoms with Crippen LogP contribution in [0, 0.1) is 10.1 Å². The average molecular weight is 467 g/mol. The third kappa shape index (κ3) is 13.0. The van der Waals surface area contributed by atoms with Crippen molar-refractivity contribution in [2.75, 3.05) is 6.54 Å². The number of carbonyl (C=O) groups excluding carboxylic acids is 2. The minimum absolute atomic E-state index is 0.0247. The second-order valence-electron chi connectivity index (χ2n) is 7.82. The summed E-state index contributed by atoms with van der Waals surface area (Å²) in [5.41, 5.74) is 2.45. The number of hydrogen-bond acceptors (Lipinski definition) is 5. The number of halogens is 1. The summed E-state index contributed by atoms with van der Waals surface area (Å²) < 4.78 is 0. The summed E-state index contributed by atoms with van der Waals surface area (Å²) in [6.07, 6.45) is 15.1. The third-order valence-electron chi connectivity index (χ3n) is 5.02. The normalized spacial score (nSPS) is 10.9. The maximum atomic E-state index is 11.8. The highest BCUT2D eigenvalue weighted by Gasteiger charge is 2.12. The number of nitrogens with zero attached hydrogens (tertiary/aromatic N) is 2. The Morgan fingerprint density at radius 2 is 1.59 bits per heavy atom. The van der Waals surface area contributed by atoms with Gasteiger partial charge in [0, 0.05) is 18.1 Å². The van der Waals surface area contributed by atoms with Gasteiger partial charge in [0.05, 0.1) is 17.7 Å². The molecule has 0 bridgehead atoms. The van der Waals surface area contributed by atoms with Crippen LogP contribution < -0.4 is 10.7 Å². The van der Waals surface area contributed by atoms with Crippen molar-refractivity contribution in [3.63, 3.8) is 0 Å². The van der Waals surface area contributed by atoms with Crippen LogP contribution in [-0.2, 0) is 9.59 Å². The number of nitrogens with one attached hydrogen (secondary N) is 2. The first-order chi connectivity index (χ1) is 15.4. The summed E-state index contributed by atoms with van der Waals surface area (Å²) >= 11 is 5.74. The van der Waals surface area contributed by atoms with Crippen LogP contribution in [0.5, 0.6) is 0 Å². The maximum Gasteiger partial charge on any atom is 0.288 e. The lowest BCUT2D eigenvalue weighted by Gasteiger charge is -2.05. The van der Waals surface area contributed by atoms with Crippen LogP contribution in [0.25, 0.3) is 0 Å². The van der Waals surface area contributed by atoms with Gasteiger partial charge in [0.25, 0.3) is 11.6 Å². The smallest absolute Gasteiger partial charge is 0.288 e. The van der Waals surface area contributed by atoms with Gasteiger partial charge >= 0.3 is 0 Å². The van der Waals surface area contributed by atoms with E-state index >= 15 is 0 Å². The van der Waals surface area contributed by atoms with Gasteiger partial charge in [-0.3, -0.25) is 19.7 Å². The van der Waals surface area contributed by atoms with E-state index in [-0.39, 0.29) is 23.2 Å². The molecule has 0 heterocycles. The zero-order valence-corrected chi connectivity index (χ0v) is 19.7. The molecule has 9 heteroatoms. The van der Waals surface area contributed by atoms with Crippen molar-refractivity contribution >= 4 is 35.3 Å². The summed E-state index contributed by atoms with van der Waals surface area (Å²) in [5.74, 6) is -0.634. The van der Waals surface area contributed by atoms with Crippen LogP contribution in [0.3, 0.4) is 0 Å². The van der Waals surface area contributed by atoms with Gasteiger partial charge < -0.3 is 5.32 Å². The standard InChI is InChI=1S/C23H35ClN4O4/c1-2-3-4-5-6-7-8-9-10-11-12-13-22(29)25-18-23(30)27-26-17-19-14-15-20(24)21(16-19)28(31)32/h14-17H,2-13,18H2,1H3,(H,25,29)(H,27,30)/b26-17+. The van der Waals surface area contributed by atoms with E-state index in [4.69, 9.17) is 11.6 Å². The van der Waals surface area contributed by atoms with Crippen molar-refractivity contribution in [3.05, 3.63) is 38.9 Å². The molecule has 0 spiro atoms. The molecular weight excluding hydrogens is 432 g/mol. The molecule has 1 rings (SSSR count). The molecule has 1 aromatic rings. The van der Waals surface area contributed by atoms with Crippen molar-refractivity contribution in [1.29, 1.82) is 0 Å². The number of nitro groups is 1. The molecule has 2 amide bonds. The Kier molecular flexibility index (Phi) is 14.7. The second kappa shape index (κ2) is 17.1. The molecule has 0 atom stereocenters. The minimum Gasteiger partial charge on any atom is -0.347 e. The maximum absolute atomic E-state index is 11.8. The van der Waals surface area contributed by atoms with E-state index in [9.17, 15) is 19.7 Å². The Labute approximate surface area is 195 Å². The topological polar surface area (TPSA) is 114 Å². The highest BCUT2D eigenvalue weighted by atomic mass is 35.5. The van der Waals surface area contributed by atoms with Crippen LogP contribution >= 0.6 is 11.6 Å². The first-order valence-electron chi connectivity index (χ1n) is 11.5. The molecule has 1 aromatic carbocycles. The van der Waals surface area contributed by atoms with Gasteiger partial charge in [-0.2, -0.15) is 5.10 Å². The predicted octanol–water partition coefficient (Wildman–Crippen LogP) is 5.52. The van der Waals surface area contributed by atoms with E-state index in [0.717, 1.165) is 19.3 Å². The first-order valence-corrected chi connectivity index (χ1v) is 11.8. The lowest BCUT2D eigenvalue weighted by molar-refractivity contribution is -0.384. The highest BCUT2D eigenvalue weighted by molar-refractivity contribution is 6.32. The number of carbonyl (C=O) groups is 2. The van der Waals surface area contributed by atoms with E-state index in [2.05, 4.69) is 22.8 Å². The molecule has 2 N–H and O–H groups in total. The fraction of sp³-hybridized carbons (Fsp3) is 0.609. The van der Waals surface area contributed by atoms with Gasteiger partial charge in [-0.1, -0.05) is 88.8 Å². The van der Waals surface area contributed by atoms with Crippen molar-refractivity contribution in [1.82, 2.24) is 10.7 Å². The van der Waals surface area contributed by atoms with Crippen molar-refractivity contribution < 1.29 is 14.5 Å². The van der Waals surface area contributed by atoms with Gasteiger partial charge in [0.2, 0.25) is 5.91 Å². The Balaban J connectivity index is 2.08. The van der Waals surface area contributed by atoms with E-state index in [0.29, 0.717) is 12.0 Å². The zero-order valence-electron chi connectivity index (χ0n) is 18.9. The molecule has 0 aromatic heterocycles. The summed E-state index contributed by atoms with van der Waals surface area (Å²) in [4.78, 5) is 33.9. The number of unbranched alkanes of at least 4 members (excludes halogenated alkanes) is 10. The number of benzene rings is 1. The van der Waals surface area contributed by atoms with Crippen molar-refractivity contribution in [2.24, 2.45) is 5.10 Å². The minimum atomic E-state index is -0.594.